The fraction of sp³-hybridized carbons (Fsp3) is 0.800. The molecule has 0 aromatic carbocycles. The van der Waals surface area contributed by atoms with E-state index in [0.717, 1.165) is 19.4 Å². The molecule has 0 radical (unpaired) electrons. The van der Waals surface area contributed by atoms with Gasteiger partial charge in [-0.3, -0.25) is 4.68 Å². The molecule has 0 amide bonds. The van der Waals surface area contributed by atoms with E-state index in [1.165, 1.54) is 17.0 Å². The van der Waals surface area contributed by atoms with Crippen LogP contribution in [0.3, 0.4) is 0 Å². The number of aromatic nitrogens is 2. The molecule has 0 saturated heterocycles. The molecule has 1 atom stereocenters. The van der Waals surface area contributed by atoms with Crippen LogP contribution in [0, 0.1) is 0 Å². The SMILES string of the molecule is CCc1nn(CCOCCOC)c(CC)c1C(C)NC. The van der Waals surface area contributed by atoms with Crippen molar-refractivity contribution in [3.05, 3.63) is 17.0 Å². The second-order valence-electron chi connectivity index (χ2n) is 4.85. The first-order chi connectivity index (χ1) is 9.69. The van der Waals surface area contributed by atoms with Crippen molar-refractivity contribution in [2.24, 2.45) is 0 Å². The van der Waals surface area contributed by atoms with Crippen molar-refractivity contribution in [3.8, 4) is 0 Å². The summed E-state index contributed by atoms with van der Waals surface area (Å²) in [4.78, 5) is 0. The van der Waals surface area contributed by atoms with Gasteiger partial charge in [0.1, 0.15) is 0 Å². The van der Waals surface area contributed by atoms with Gasteiger partial charge in [0.15, 0.2) is 0 Å². The number of ether oxygens (including phenoxy) is 2. The van der Waals surface area contributed by atoms with E-state index < -0.39 is 0 Å². The molecule has 0 spiro atoms. The van der Waals surface area contributed by atoms with Crippen LogP contribution < -0.4 is 5.32 Å². The summed E-state index contributed by atoms with van der Waals surface area (Å²) in [5, 5.41) is 8.08. The highest BCUT2D eigenvalue weighted by atomic mass is 16.5. The maximum atomic E-state index is 5.55. The van der Waals surface area contributed by atoms with Gasteiger partial charge in [0.05, 0.1) is 32.1 Å². The minimum atomic E-state index is 0.336. The van der Waals surface area contributed by atoms with Crippen LogP contribution in [0.4, 0.5) is 0 Å². The van der Waals surface area contributed by atoms with Gasteiger partial charge >= 0.3 is 0 Å². The molecule has 1 N–H and O–H groups in total. The van der Waals surface area contributed by atoms with E-state index in [9.17, 15) is 0 Å². The number of methoxy groups -OCH3 is 1. The summed E-state index contributed by atoms with van der Waals surface area (Å²) >= 11 is 0. The van der Waals surface area contributed by atoms with Gasteiger partial charge in [-0.2, -0.15) is 5.10 Å². The number of hydrogen-bond acceptors (Lipinski definition) is 4. The molecule has 0 saturated carbocycles. The molecular formula is C15H29N3O2. The fourth-order valence-corrected chi connectivity index (χ4v) is 2.42. The van der Waals surface area contributed by atoms with Crippen molar-refractivity contribution in [3.63, 3.8) is 0 Å². The summed E-state index contributed by atoms with van der Waals surface area (Å²) < 4.78 is 12.6. The molecule has 5 heteroatoms. The number of hydrogen-bond donors (Lipinski definition) is 1. The zero-order valence-corrected chi connectivity index (χ0v) is 13.5. The average molecular weight is 283 g/mol. The van der Waals surface area contributed by atoms with Crippen molar-refractivity contribution in [2.75, 3.05) is 34.0 Å². The molecule has 5 nitrogen and oxygen atoms in total. The van der Waals surface area contributed by atoms with E-state index in [2.05, 4.69) is 30.8 Å². The van der Waals surface area contributed by atoms with Crippen molar-refractivity contribution < 1.29 is 9.47 Å². The van der Waals surface area contributed by atoms with Gasteiger partial charge in [-0.25, -0.2) is 0 Å². The minimum absolute atomic E-state index is 0.336. The Morgan fingerprint density at radius 2 is 1.95 bits per heavy atom. The molecule has 1 aromatic heterocycles. The van der Waals surface area contributed by atoms with E-state index in [1.807, 2.05) is 7.05 Å². The van der Waals surface area contributed by atoms with Crippen molar-refractivity contribution in [1.82, 2.24) is 15.1 Å². The first-order valence-electron chi connectivity index (χ1n) is 7.51. The summed E-state index contributed by atoms with van der Waals surface area (Å²) in [7, 11) is 3.68. The van der Waals surface area contributed by atoms with E-state index in [4.69, 9.17) is 14.6 Å². The van der Waals surface area contributed by atoms with Crippen molar-refractivity contribution in [2.45, 2.75) is 46.2 Å². The highest BCUT2D eigenvalue weighted by Gasteiger charge is 2.19. The van der Waals surface area contributed by atoms with Crippen LogP contribution in [0.25, 0.3) is 0 Å². The Labute approximate surface area is 122 Å². The zero-order valence-electron chi connectivity index (χ0n) is 13.5. The molecule has 116 valence electrons. The smallest absolute Gasteiger partial charge is 0.0701 e. The van der Waals surface area contributed by atoms with Crippen molar-refractivity contribution >= 4 is 0 Å². The number of aryl methyl sites for hydroxylation is 1. The molecule has 0 aliphatic rings. The third-order valence-electron chi connectivity index (χ3n) is 3.59. The highest BCUT2D eigenvalue weighted by Crippen LogP contribution is 2.23. The Morgan fingerprint density at radius 1 is 1.20 bits per heavy atom. The predicted molar refractivity (Wildman–Crippen MR) is 81.2 cm³/mol. The maximum Gasteiger partial charge on any atom is 0.0701 e. The lowest BCUT2D eigenvalue weighted by Gasteiger charge is -2.13. The number of nitrogens with zero attached hydrogens (tertiary/aromatic N) is 2. The summed E-state index contributed by atoms with van der Waals surface area (Å²) in [5.41, 5.74) is 3.87. The predicted octanol–water partition coefficient (Wildman–Crippen LogP) is 1.95. The van der Waals surface area contributed by atoms with Crippen LogP contribution in [0.2, 0.25) is 0 Å². The topological polar surface area (TPSA) is 48.3 Å². The molecule has 1 aromatic rings. The summed E-state index contributed by atoms with van der Waals surface area (Å²) in [6.45, 7) is 9.29. The molecule has 20 heavy (non-hydrogen) atoms. The first kappa shape index (κ1) is 17.1. The third-order valence-corrected chi connectivity index (χ3v) is 3.59. The van der Waals surface area contributed by atoms with Crippen LogP contribution in [0.1, 0.15) is 43.8 Å². The van der Waals surface area contributed by atoms with Gasteiger partial charge in [-0.1, -0.05) is 13.8 Å². The molecule has 0 bridgehead atoms. The second kappa shape index (κ2) is 9.10. The van der Waals surface area contributed by atoms with Crippen molar-refractivity contribution in [1.29, 1.82) is 0 Å². The summed E-state index contributed by atoms with van der Waals surface area (Å²) in [6.07, 6.45) is 1.96. The number of nitrogens with one attached hydrogen (secondary N) is 1. The lowest BCUT2D eigenvalue weighted by molar-refractivity contribution is 0.0651. The normalized spacial score (nSPS) is 12.8. The molecule has 1 unspecified atom stereocenters. The van der Waals surface area contributed by atoms with Crippen LogP contribution in [-0.2, 0) is 28.9 Å². The Morgan fingerprint density at radius 3 is 2.50 bits per heavy atom. The largest absolute Gasteiger partial charge is 0.382 e. The Kier molecular flexibility index (Phi) is 7.80. The second-order valence-corrected chi connectivity index (χ2v) is 4.85. The summed E-state index contributed by atoms with van der Waals surface area (Å²) in [5.74, 6) is 0. The van der Waals surface area contributed by atoms with Gasteiger partial charge < -0.3 is 14.8 Å². The number of rotatable bonds is 10. The van der Waals surface area contributed by atoms with Crippen LogP contribution in [-0.4, -0.2) is 43.8 Å². The Bertz CT molecular complexity index is 391. The molecule has 0 aliphatic heterocycles. The molecule has 0 aliphatic carbocycles. The minimum Gasteiger partial charge on any atom is -0.382 e. The lowest BCUT2D eigenvalue weighted by Crippen LogP contribution is -2.16. The van der Waals surface area contributed by atoms with Gasteiger partial charge in [0, 0.05) is 24.4 Å². The molecular weight excluding hydrogens is 254 g/mol. The van der Waals surface area contributed by atoms with Crippen LogP contribution in [0.5, 0.6) is 0 Å². The lowest BCUT2D eigenvalue weighted by atomic mass is 10.0. The van der Waals surface area contributed by atoms with Crippen LogP contribution >= 0.6 is 0 Å². The monoisotopic (exact) mass is 283 g/mol. The highest BCUT2D eigenvalue weighted by molar-refractivity contribution is 5.30. The first-order valence-corrected chi connectivity index (χ1v) is 7.51. The molecule has 0 fully saturated rings. The van der Waals surface area contributed by atoms with Gasteiger partial charge in [0.2, 0.25) is 0 Å². The van der Waals surface area contributed by atoms with Gasteiger partial charge in [0.25, 0.3) is 0 Å². The Hall–Kier alpha value is -0.910. The standard InChI is InChI=1S/C15H29N3O2/c1-6-13-15(12(3)16-4)14(7-2)18(17-13)8-9-20-11-10-19-5/h12,16H,6-11H2,1-5H3. The fourth-order valence-electron chi connectivity index (χ4n) is 2.42. The molecule has 1 heterocycles. The van der Waals surface area contributed by atoms with E-state index in [-0.39, 0.29) is 0 Å². The Balaban J connectivity index is 2.77. The zero-order chi connectivity index (χ0) is 15.0. The van der Waals surface area contributed by atoms with Gasteiger partial charge in [-0.05, 0) is 26.8 Å². The average Bonchev–Trinajstić information content (AvgIpc) is 2.83. The molecule has 1 rings (SSSR count). The summed E-state index contributed by atoms with van der Waals surface area (Å²) in [6, 6.07) is 0.336. The maximum absolute atomic E-state index is 5.55. The van der Waals surface area contributed by atoms with E-state index in [0.29, 0.717) is 25.9 Å². The van der Waals surface area contributed by atoms with Crippen LogP contribution in [0.15, 0.2) is 0 Å². The third kappa shape index (κ3) is 4.30. The quantitative estimate of drug-likeness (QED) is 0.667. The van der Waals surface area contributed by atoms with E-state index >= 15 is 0 Å². The van der Waals surface area contributed by atoms with Gasteiger partial charge in [-0.15, -0.1) is 0 Å². The van der Waals surface area contributed by atoms with E-state index in [1.54, 1.807) is 7.11 Å².